The molecule has 0 amide bonds. The number of esters is 4. The van der Waals surface area contributed by atoms with Gasteiger partial charge >= 0.3 is 39.5 Å². The van der Waals surface area contributed by atoms with Crippen molar-refractivity contribution in [3.05, 3.63) is 0 Å². The van der Waals surface area contributed by atoms with Crippen LogP contribution in [0.25, 0.3) is 0 Å². The monoisotopic (exact) mass is 1580 g/mol. The molecule has 0 saturated carbocycles. The summed E-state index contributed by atoms with van der Waals surface area (Å²) in [4.78, 5) is 73.2. The van der Waals surface area contributed by atoms with Crippen LogP contribution in [0.5, 0.6) is 0 Å². The molecule has 0 saturated heterocycles. The fourth-order valence-corrected chi connectivity index (χ4v) is 15.6. The van der Waals surface area contributed by atoms with Gasteiger partial charge in [0.15, 0.2) is 12.2 Å². The smallest absolute Gasteiger partial charge is 0.462 e. The van der Waals surface area contributed by atoms with Crippen LogP contribution in [0.3, 0.4) is 0 Å². The maximum Gasteiger partial charge on any atom is 0.472 e. The average Bonchev–Trinajstić information content (AvgIpc) is 0.879. The molecule has 17 nitrogen and oxygen atoms in total. The summed E-state index contributed by atoms with van der Waals surface area (Å²) < 4.78 is 68.9. The molecule has 0 rings (SSSR count). The first-order valence-electron chi connectivity index (χ1n) is 46.1. The van der Waals surface area contributed by atoms with Crippen LogP contribution < -0.4 is 0 Å². The third kappa shape index (κ3) is 82.1. The number of carbonyl (C=O) groups is 4. The van der Waals surface area contributed by atoms with E-state index in [2.05, 4.69) is 34.6 Å². The van der Waals surface area contributed by atoms with Gasteiger partial charge in [-0.2, -0.15) is 0 Å². The van der Waals surface area contributed by atoms with E-state index >= 15 is 0 Å². The average molecular weight is 1580 g/mol. The van der Waals surface area contributed by atoms with Gasteiger partial charge in [-0.05, 0) is 31.6 Å². The van der Waals surface area contributed by atoms with Crippen LogP contribution in [-0.2, 0) is 65.4 Å². The predicted octanol–water partition coefficient (Wildman–Crippen LogP) is 27.5. The van der Waals surface area contributed by atoms with Crippen LogP contribution in [0.1, 0.15) is 484 Å². The summed E-state index contributed by atoms with van der Waals surface area (Å²) in [7, 11) is -9.93. The molecule has 0 aromatic carbocycles. The predicted molar refractivity (Wildman–Crippen MR) is 446 cm³/mol. The SMILES string of the molecule is CCCCCCCCCCCCCCCCCCCCCCCCC(=O)OC[C@H](COP(=O)(O)OC[C@@H](O)COP(=O)(O)OC[C@@H](COC(=O)CCCCCCCCC(C)C)OC(=O)CCCCCCCCCCCCCCCCC)OC(=O)CCCCCCCCCCCCCCCCCCCCCCCC. The molecule has 0 fully saturated rings. The van der Waals surface area contributed by atoms with E-state index in [4.69, 9.17) is 37.0 Å². The lowest BCUT2D eigenvalue weighted by molar-refractivity contribution is -0.161. The number of rotatable bonds is 89. The van der Waals surface area contributed by atoms with Gasteiger partial charge in [0.05, 0.1) is 26.4 Å². The first kappa shape index (κ1) is 106. The van der Waals surface area contributed by atoms with Crippen molar-refractivity contribution < 1.29 is 80.2 Å². The Hall–Kier alpha value is -1.94. The van der Waals surface area contributed by atoms with Crippen molar-refractivity contribution in [1.82, 2.24) is 0 Å². The third-order valence-corrected chi connectivity index (χ3v) is 22.9. The van der Waals surface area contributed by atoms with Gasteiger partial charge in [-0.25, -0.2) is 9.13 Å². The fourth-order valence-electron chi connectivity index (χ4n) is 14.0. The molecule has 0 heterocycles. The molecule has 0 aromatic heterocycles. The Labute approximate surface area is 664 Å². The summed E-state index contributed by atoms with van der Waals surface area (Å²) in [6.07, 6.45) is 76.9. The summed E-state index contributed by atoms with van der Waals surface area (Å²) in [5, 5.41) is 10.7. The van der Waals surface area contributed by atoms with Gasteiger partial charge in [0.25, 0.3) is 0 Å². The van der Waals surface area contributed by atoms with Crippen molar-refractivity contribution in [3.8, 4) is 0 Å². The maximum atomic E-state index is 13.2. The Morgan fingerprint density at radius 3 is 0.630 bits per heavy atom. The molecule has 3 N–H and O–H groups in total. The number of phosphoric acid groups is 2. The second-order valence-corrected chi connectivity index (χ2v) is 35.4. The minimum Gasteiger partial charge on any atom is -0.462 e. The number of aliphatic hydroxyl groups excluding tert-OH is 1. The third-order valence-electron chi connectivity index (χ3n) is 21.0. The number of carbonyl (C=O) groups excluding carboxylic acids is 4. The molecule has 19 heteroatoms. The number of ether oxygens (including phenoxy) is 4. The molecule has 108 heavy (non-hydrogen) atoms. The van der Waals surface area contributed by atoms with E-state index in [-0.39, 0.29) is 25.7 Å². The van der Waals surface area contributed by atoms with Gasteiger partial charge < -0.3 is 33.8 Å². The highest BCUT2D eigenvalue weighted by atomic mass is 31.2. The zero-order valence-electron chi connectivity index (χ0n) is 71.0. The minimum atomic E-state index is -4.97. The zero-order valence-corrected chi connectivity index (χ0v) is 72.8. The van der Waals surface area contributed by atoms with Crippen molar-refractivity contribution in [3.63, 3.8) is 0 Å². The lowest BCUT2D eigenvalue weighted by Gasteiger charge is -2.21. The highest BCUT2D eigenvalue weighted by Gasteiger charge is 2.30. The van der Waals surface area contributed by atoms with Gasteiger partial charge in [-0.15, -0.1) is 0 Å². The van der Waals surface area contributed by atoms with Crippen LogP contribution in [0.15, 0.2) is 0 Å². The minimum absolute atomic E-state index is 0.108. The Morgan fingerprint density at radius 1 is 0.250 bits per heavy atom. The van der Waals surface area contributed by atoms with Crippen molar-refractivity contribution in [2.45, 2.75) is 502 Å². The topological polar surface area (TPSA) is 237 Å². The summed E-state index contributed by atoms with van der Waals surface area (Å²) in [5.74, 6) is -1.42. The van der Waals surface area contributed by atoms with Crippen molar-refractivity contribution >= 4 is 39.5 Å². The quantitative estimate of drug-likeness (QED) is 0.0222. The number of unbranched alkanes of at least 4 members (excludes halogenated alkanes) is 61. The van der Waals surface area contributed by atoms with Gasteiger partial charge in [0.1, 0.15) is 19.3 Å². The van der Waals surface area contributed by atoms with E-state index in [1.165, 1.54) is 302 Å². The standard InChI is InChI=1S/C89H174O17P2/c1-6-9-12-15-18-21-24-27-30-32-34-36-38-40-42-45-47-50-53-56-62-67-72-86(91)99-78-84(105-88(93)74-70-65-58-55-52-49-46-43-41-39-37-35-33-31-28-25-22-19-16-13-10-7-2)80-103-107(95,96)101-76-83(90)77-102-108(97,98)104-81-85(79-100-87(92)73-68-63-60-59-61-66-71-82(4)5)106-89(94)75-69-64-57-54-51-48-44-29-26-23-20-17-14-11-8-3/h82-85,90H,6-81H2,1-5H3,(H,95,96)(H,97,98)/t83-,84-,85-/m1/s1. The molecule has 0 aliphatic heterocycles. The number of hydrogen-bond donors (Lipinski definition) is 3. The van der Waals surface area contributed by atoms with Crippen molar-refractivity contribution in [2.24, 2.45) is 5.92 Å². The van der Waals surface area contributed by atoms with E-state index in [9.17, 15) is 43.2 Å². The summed E-state index contributed by atoms with van der Waals surface area (Å²) in [5.41, 5.74) is 0. The zero-order chi connectivity index (χ0) is 79.0. The molecule has 2 unspecified atom stereocenters. The lowest BCUT2D eigenvalue weighted by atomic mass is 10.0. The molecule has 0 bridgehead atoms. The molecule has 0 aromatic rings. The Kier molecular flexibility index (Phi) is 80.2. The fraction of sp³-hybridized carbons (Fsp3) is 0.955. The molecular formula is C89H174O17P2. The molecule has 0 aliphatic rings. The highest BCUT2D eigenvalue weighted by molar-refractivity contribution is 7.47. The van der Waals surface area contributed by atoms with E-state index in [0.29, 0.717) is 31.6 Å². The van der Waals surface area contributed by atoms with E-state index < -0.39 is 97.5 Å². The van der Waals surface area contributed by atoms with E-state index in [1.807, 2.05) is 0 Å². The van der Waals surface area contributed by atoms with Crippen LogP contribution in [-0.4, -0.2) is 96.7 Å². The van der Waals surface area contributed by atoms with Gasteiger partial charge in [-0.3, -0.25) is 37.3 Å². The number of aliphatic hydroxyl groups is 1. The molecule has 0 radical (unpaired) electrons. The Morgan fingerprint density at radius 2 is 0.426 bits per heavy atom. The molecule has 642 valence electrons. The van der Waals surface area contributed by atoms with Crippen molar-refractivity contribution in [2.75, 3.05) is 39.6 Å². The molecular weight excluding hydrogens is 1400 g/mol. The van der Waals surface area contributed by atoms with E-state index in [0.717, 1.165) is 96.3 Å². The largest absolute Gasteiger partial charge is 0.472 e. The van der Waals surface area contributed by atoms with Gasteiger partial charge in [-0.1, -0.05) is 433 Å². The van der Waals surface area contributed by atoms with Gasteiger partial charge in [0.2, 0.25) is 0 Å². The molecule has 0 spiro atoms. The highest BCUT2D eigenvalue weighted by Crippen LogP contribution is 2.45. The first-order valence-corrected chi connectivity index (χ1v) is 49.1. The van der Waals surface area contributed by atoms with E-state index in [1.54, 1.807) is 0 Å². The van der Waals surface area contributed by atoms with Crippen LogP contribution in [0.2, 0.25) is 0 Å². The summed E-state index contributed by atoms with van der Waals surface area (Å²) in [6.45, 7) is 7.29. The normalized spacial score (nSPS) is 13.7. The van der Waals surface area contributed by atoms with Crippen LogP contribution in [0, 0.1) is 5.92 Å². The maximum absolute atomic E-state index is 13.2. The van der Waals surface area contributed by atoms with Crippen LogP contribution >= 0.6 is 15.6 Å². The number of hydrogen-bond acceptors (Lipinski definition) is 15. The summed E-state index contributed by atoms with van der Waals surface area (Å²) >= 11 is 0. The second-order valence-electron chi connectivity index (χ2n) is 32.5. The second kappa shape index (κ2) is 81.6. The molecule has 5 atom stereocenters. The Bertz CT molecular complexity index is 2050. The lowest BCUT2D eigenvalue weighted by Crippen LogP contribution is -2.30. The Balaban J connectivity index is 5.18. The van der Waals surface area contributed by atoms with Gasteiger partial charge in [0, 0.05) is 25.7 Å². The van der Waals surface area contributed by atoms with Crippen molar-refractivity contribution in [1.29, 1.82) is 0 Å². The summed E-state index contributed by atoms with van der Waals surface area (Å²) in [6, 6.07) is 0. The first-order chi connectivity index (χ1) is 52.5. The number of phosphoric ester groups is 2. The van der Waals surface area contributed by atoms with Crippen LogP contribution in [0.4, 0.5) is 0 Å². The molecule has 0 aliphatic carbocycles.